The Balaban J connectivity index is 1.97. The smallest absolute Gasteiger partial charge is 0.349 e. The van der Waals surface area contributed by atoms with Crippen LogP contribution in [0.2, 0.25) is 0 Å². The van der Waals surface area contributed by atoms with E-state index in [4.69, 9.17) is 4.74 Å². The average molecular weight is 317 g/mol. The molecule has 4 nitrogen and oxygen atoms in total. The molecule has 0 fully saturated rings. The van der Waals surface area contributed by atoms with Crippen molar-refractivity contribution in [1.82, 2.24) is 0 Å². The zero-order chi connectivity index (χ0) is 16.1. The van der Waals surface area contributed by atoms with Crippen molar-refractivity contribution in [2.45, 2.75) is 27.2 Å². The van der Waals surface area contributed by atoms with Gasteiger partial charge < -0.3 is 10.1 Å². The van der Waals surface area contributed by atoms with Crippen molar-refractivity contribution in [3.05, 3.63) is 51.2 Å². The van der Waals surface area contributed by atoms with Gasteiger partial charge in [0.2, 0.25) is 0 Å². The molecular weight excluding hydrogens is 298 g/mol. The van der Waals surface area contributed by atoms with Crippen LogP contribution in [0.25, 0.3) is 0 Å². The molecule has 2 rings (SSSR count). The lowest BCUT2D eigenvalue weighted by Crippen LogP contribution is -2.22. The van der Waals surface area contributed by atoms with Crippen molar-refractivity contribution < 1.29 is 14.3 Å². The SMILES string of the molecule is CCc1cccc(C)c1NC(=O)COC(=O)c1sccc1C. The van der Waals surface area contributed by atoms with Gasteiger partial charge in [-0.3, -0.25) is 4.79 Å². The van der Waals surface area contributed by atoms with Crippen LogP contribution >= 0.6 is 11.3 Å². The fourth-order valence-corrected chi connectivity index (χ4v) is 2.97. The third-order valence-corrected chi connectivity index (χ3v) is 4.38. The van der Waals surface area contributed by atoms with Gasteiger partial charge in [-0.1, -0.05) is 25.1 Å². The highest BCUT2D eigenvalue weighted by molar-refractivity contribution is 7.12. The number of rotatable bonds is 5. The number of esters is 1. The highest BCUT2D eigenvalue weighted by Gasteiger charge is 2.15. The van der Waals surface area contributed by atoms with Crippen LogP contribution in [0.5, 0.6) is 0 Å². The van der Waals surface area contributed by atoms with Crippen molar-refractivity contribution in [2.24, 2.45) is 0 Å². The zero-order valence-corrected chi connectivity index (χ0v) is 13.8. The summed E-state index contributed by atoms with van der Waals surface area (Å²) in [5, 5.41) is 4.66. The molecule has 2 aromatic rings. The molecule has 116 valence electrons. The minimum Gasteiger partial charge on any atom is -0.451 e. The summed E-state index contributed by atoms with van der Waals surface area (Å²) in [7, 11) is 0. The standard InChI is InChI=1S/C17H19NO3S/c1-4-13-7-5-6-11(2)15(13)18-14(19)10-21-17(20)16-12(3)8-9-22-16/h5-9H,4,10H2,1-3H3,(H,18,19). The van der Waals surface area contributed by atoms with E-state index >= 15 is 0 Å². The number of hydrogen-bond acceptors (Lipinski definition) is 4. The first kappa shape index (κ1) is 16.2. The minimum atomic E-state index is -0.455. The second-order valence-corrected chi connectivity index (χ2v) is 5.94. The van der Waals surface area contributed by atoms with Crippen molar-refractivity contribution in [1.29, 1.82) is 0 Å². The number of benzene rings is 1. The molecular formula is C17H19NO3S. The van der Waals surface area contributed by atoms with Crippen molar-refractivity contribution in [3.63, 3.8) is 0 Å². The Morgan fingerprint density at radius 2 is 1.95 bits per heavy atom. The Kier molecular flexibility index (Phi) is 5.33. The second kappa shape index (κ2) is 7.22. The van der Waals surface area contributed by atoms with Gasteiger partial charge in [-0.25, -0.2) is 4.79 Å². The van der Waals surface area contributed by atoms with E-state index in [1.165, 1.54) is 11.3 Å². The highest BCUT2D eigenvalue weighted by Crippen LogP contribution is 2.21. The summed E-state index contributed by atoms with van der Waals surface area (Å²) < 4.78 is 5.07. The largest absolute Gasteiger partial charge is 0.451 e. The second-order valence-electron chi connectivity index (χ2n) is 5.02. The third kappa shape index (κ3) is 3.74. The number of hydrogen-bond donors (Lipinski definition) is 1. The van der Waals surface area contributed by atoms with E-state index in [0.29, 0.717) is 4.88 Å². The number of thiophene rings is 1. The maximum Gasteiger partial charge on any atom is 0.349 e. The van der Waals surface area contributed by atoms with Crippen LogP contribution in [0, 0.1) is 13.8 Å². The summed E-state index contributed by atoms with van der Waals surface area (Å²) >= 11 is 1.32. The molecule has 0 bridgehead atoms. The van der Waals surface area contributed by atoms with Gasteiger partial charge in [-0.05, 0) is 48.4 Å². The van der Waals surface area contributed by atoms with Crippen molar-refractivity contribution in [2.75, 3.05) is 11.9 Å². The first-order valence-corrected chi connectivity index (χ1v) is 8.00. The fourth-order valence-electron chi connectivity index (χ4n) is 2.16. The van der Waals surface area contributed by atoms with Crippen LogP contribution in [-0.2, 0) is 16.0 Å². The lowest BCUT2D eigenvalue weighted by molar-refractivity contribution is -0.119. The summed E-state index contributed by atoms with van der Waals surface area (Å²) in [6, 6.07) is 7.73. The molecule has 0 spiro atoms. The molecule has 0 aliphatic carbocycles. The summed E-state index contributed by atoms with van der Waals surface area (Å²) in [6.07, 6.45) is 0.825. The van der Waals surface area contributed by atoms with Gasteiger partial charge >= 0.3 is 5.97 Å². The Hall–Kier alpha value is -2.14. The van der Waals surface area contributed by atoms with Crippen LogP contribution in [0.4, 0.5) is 5.69 Å². The Morgan fingerprint density at radius 3 is 2.59 bits per heavy atom. The Morgan fingerprint density at radius 1 is 1.18 bits per heavy atom. The summed E-state index contributed by atoms with van der Waals surface area (Å²) in [4.78, 5) is 24.4. The minimum absolute atomic E-state index is 0.284. The molecule has 22 heavy (non-hydrogen) atoms. The molecule has 1 amide bonds. The van der Waals surface area contributed by atoms with E-state index in [2.05, 4.69) is 5.32 Å². The van der Waals surface area contributed by atoms with E-state index in [1.807, 2.05) is 50.4 Å². The molecule has 1 heterocycles. The van der Waals surface area contributed by atoms with Crippen molar-refractivity contribution >= 4 is 28.9 Å². The molecule has 1 aromatic carbocycles. The molecule has 0 aliphatic heterocycles. The van der Waals surface area contributed by atoms with Crippen LogP contribution < -0.4 is 5.32 Å². The van der Waals surface area contributed by atoms with E-state index in [9.17, 15) is 9.59 Å². The number of carbonyl (C=O) groups excluding carboxylic acids is 2. The number of para-hydroxylation sites is 1. The number of aryl methyl sites for hydroxylation is 3. The van der Waals surface area contributed by atoms with Gasteiger partial charge in [0.25, 0.3) is 5.91 Å². The van der Waals surface area contributed by atoms with Gasteiger partial charge in [-0.2, -0.15) is 0 Å². The molecule has 0 saturated heterocycles. The van der Waals surface area contributed by atoms with Gasteiger partial charge in [-0.15, -0.1) is 11.3 Å². The number of ether oxygens (including phenoxy) is 1. The van der Waals surface area contributed by atoms with E-state index in [-0.39, 0.29) is 12.5 Å². The maximum absolute atomic E-state index is 12.0. The van der Waals surface area contributed by atoms with Crippen LogP contribution in [0.15, 0.2) is 29.6 Å². The van der Waals surface area contributed by atoms with E-state index in [0.717, 1.165) is 28.8 Å². The molecule has 1 aromatic heterocycles. The van der Waals surface area contributed by atoms with Crippen LogP contribution in [0.1, 0.15) is 33.3 Å². The van der Waals surface area contributed by atoms with Gasteiger partial charge in [0, 0.05) is 5.69 Å². The van der Waals surface area contributed by atoms with Crippen LogP contribution in [-0.4, -0.2) is 18.5 Å². The lowest BCUT2D eigenvalue weighted by atomic mass is 10.1. The van der Waals surface area contributed by atoms with Gasteiger partial charge in [0.05, 0.1) is 0 Å². The van der Waals surface area contributed by atoms with E-state index < -0.39 is 5.97 Å². The number of amides is 1. The highest BCUT2D eigenvalue weighted by atomic mass is 32.1. The topological polar surface area (TPSA) is 55.4 Å². The van der Waals surface area contributed by atoms with Crippen molar-refractivity contribution in [3.8, 4) is 0 Å². The molecule has 0 atom stereocenters. The molecule has 0 unspecified atom stereocenters. The Bertz CT molecular complexity index is 691. The molecule has 1 N–H and O–H groups in total. The monoisotopic (exact) mass is 317 g/mol. The van der Waals surface area contributed by atoms with E-state index in [1.54, 1.807) is 0 Å². The number of carbonyl (C=O) groups is 2. The quantitative estimate of drug-likeness (QED) is 0.855. The van der Waals surface area contributed by atoms with Crippen LogP contribution in [0.3, 0.4) is 0 Å². The molecule has 0 aliphatic rings. The molecule has 0 radical (unpaired) electrons. The van der Waals surface area contributed by atoms with Gasteiger partial charge in [0.15, 0.2) is 6.61 Å². The predicted molar refractivity (Wildman–Crippen MR) is 88.5 cm³/mol. The average Bonchev–Trinajstić information content (AvgIpc) is 2.93. The third-order valence-electron chi connectivity index (χ3n) is 3.39. The van der Waals surface area contributed by atoms with Gasteiger partial charge in [0.1, 0.15) is 4.88 Å². The normalized spacial score (nSPS) is 10.3. The fraction of sp³-hybridized carbons (Fsp3) is 0.294. The Labute approximate surface area is 134 Å². The zero-order valence-electron chi connectivity index (χ0n) is 12.9. The maximum atomic E-state index is 12.0. The predicted octanol–water partition coefficient (Wildman–Crippen LogP) is 3.72. The molecule has 0 saturated carbocycles. The summed E-state index contributed by atoms with van der Waals surface area (Å²) in [6.45, 7) is 5.53. The first-order chi connectivity index (χ1) is 10.5. The molecule has 5 heteroatoms. The first-order valence-electron chi connectivity index (χ1n) is 7.12. The lowest BCUT2D eigenvalue weighted by Gasteiger charge is -2.13. The number of anilines is 1. The summed E-state index contributed by atoms with van der Waals surface area (Å²) in [5.41, 5.74) is 3.72. The number of nitrogens with one attached hydrogen (secondary N) is 1. The summed E-state index contributed by atoms with van der Waals surface area (Å²) in [5.74, 6) is -0.783.